The lowest BCUT2D eigenvalue weighted by Gasteiger charge is -2.21. The molecule has 0 saturated carbocycles. The molecule has 1 aromatic heterocycles. The van der Waals surface area contributed by atoms with E-state index in [-0.39, 0.29) is 11.1 Å². The van der Waals surface area contributed by atoms with Gasteiger partial charge in [-0.25, -0.2) is 0 Å². The summed E-state index contributed by atoms with van der Waals surface area (Å²) in [6, 6.07) is 5.46. The summed E-state index contributed by atoms with van der Waals surface area (Å²) < 4.78 is 0. The van der Waals surface area contributed by atoms with Gasteiger partial charge >= 0.3 is 0 Å². The maximum absolute atomic E-state index is 12.8. The molecular weight excluding hydrogens is 378 g/mol. The van der Waals surface area contributed by atoms with Crippen molar-refractivity contribution in [2.75, 3.05) is 5.32 Å². The van der Waals surface area contributed by atoms with Crippen LogP contribution in [0.1, 0.15) is 61.3 Å². The van der Waals surface area contributed by atoms with Crippen LogP contribution in [-0.2, 0) is 17.6 Å². The van der Waals surface area contributed by atoms with Gasteiger partial charge in [0.2, 0.25) is 5.91 Å². The maximum Gasteiger partial charge on any atom is 0.262 e. The molecular formula is C20H19N3O4S. The Morgan fingerprint density at radius 2 is 1.71 bits per heavy atom. The van der Waals surface area contributed by atoms with Gasteiger partial charge in [0, 0.05) is 4.88 Å². The summed E-state index contributed by atoms with van der Waals surface area (Å²) in [6.45, 7) is 1.49. The minimum absolute atomic E-state index is 0.288. The van der Waals surface area contributed by atoms with Crippen molar-refractivity contribution in [2.24, 2.45) is 5.73 Å². The lowest BCUT2D eigenvalue weighted by Crippen LogP contribution is -2.45. The number of benzene rings is 1. The predicted molar refractivity (Wildman–Crippen MR) is 105 cm³/mol. The predicted octanol–water partition coefficient (Wildman–Crippen LogP) is 2.35. The van der Waals surface area contributed by atoms with E-state index in [1.165, 1.54) is 18.3 Å². The average molecular weight is 397 g/mol. The Morgan fingerprint density at radius 3 is 2.32 bits per heavy atom. The normalized spacial score (nSPS) is 16.5. The van der Waals surface area contributed by atoms with Gasteiger partial charge in [0.05, 0.1) is 16.7 Å². The van der Waals surface area contributed by atoms with Crippen LogP contribution in [0.15, 0.2) is 24.3 Å². The van der Waals surface area contributed by atoms with Crippen molar-refractivity contribution in [2.45, 2.75) is 38.6 Å². The molecule has 3 N–H and O–H groups in total. The van der Waals surface area contributed by atoms with E-state index >= 15 is 0 Å². The van der Waals surface area contributed by atoms with Gasteiger partial charge in [0.25, 0.3) is 17.7 Å². The Kier molecular flexibility index (Phi) is 4.50. The summed E-state index contributed by atoms with van der Waals surface area (Å²) in [4.78, 5) is 52.0. The molecule has 2 aromatic rings. The third kappa shape index (κ3) is 2.80. The zero-order valence-electron chi connectivity index (χ0n) is 15.3. The Balaban J connectivity index is 1.60. The van der Waals surface area contributed by atoms with Gasteiger partial charge in [-0.3, -0.25) is 24.1 Å². The zero-order valence-corrected chi connectivity index (χ0v) is 16.1. The van der Waals surface area contributed by atoms with Gasteiger partial charge < -0.3 is 11.1 Å². The fourth-order valence-corrected chi connectivity index (χ4v) is 5.11. The van der Waals surface area contributed by atoms with E-state index in [0.29, 0.717) is 10.6 Å². The number of primary amides is 1. The lowest BCUT2D eigenvalue weighted by atomic mass is 9.95. The van der Waals surface area contributed by atoms with Crippen LogP contribution in [0.25, 0.3) is 0 Å². The Bertz CT molecular complexity index is 991. The van der Waals surface area contributed by atoms with Crippen LogP contribution in [0.5, 0.6) is 0 Å². The van der Waals surface area contributed by atoms with E-state index in [1.807, 2.05) is 0 Å². The zero-order chi connectivity index (χ0) is 20.0. The van der Waals surface area contributed by atoms with Crippen LogP contribution in [0, 0.1) is 0 Å². The molecule has 0 bridgehead atoms. The quantitative estimate of drug-likeness (QED) is 0.772. The number of aryl methyl sites for hydroxylation is 1. The van der Waals surface area contributed by atoms with Gasteiger partial charge in [0.15, 0.2) is 0 Å². The molecule has 1 aliphatic heterocycles. The second-order valence-electron chi connectivity index (χ2n) is 6.97. The molecule has 2 aliphatic rings. The second kappa shape index (κ2) is 6.87. The van der Waals surface area contributed by atoms with E-state index in [9.17, 15) is 19.2 Å². The van der Waals surface area contributed by atoms with Crippen molar-refractivity contribution in [3.63, 3.8) is 0 Å². The molecule has 1 aliphatic carbocycles. The summed E-state index contributed by atoms with van der Waals surface area (Å²) in [5, 5.41) is 3.12. The highest BCUT2D eigenvalue weighted by Crippen LogP contribution is 2.38. The number of carbonyl (C=O) groups is 4. The minimum atomic E-state index is -1.02. The molecule has 28 heavy (non-hydrogen) atoms. The molecule has 1 atom stereocenters. The Hall–Kier alpha value is -3.00. The van der Waals surface area contributed by atoms with Crippen LogP contribution in [0.3, 0.4) is 0 Å². The SMILES string of the molecule is CC(C(=O)Nc1sc2c(c1C(N)=O)CCCC2)N1C(=O)c2ccccc2C1=O. The maximum atomic E-state index is 12.8. The number of amides is 4. The summed E-state index contributed by atoms with van der Waals surface area (Å²) >= 11 is 1.35. The first-order chi connectivity index (χ1) is 13.4. The average Bonchev–Trinajstić information content (AvgIpc) is 3.16. The summed E-state index contributed by atoms with van der Waals surface area (Å²) in [5.74, 6) is -2.11. The van der Waals surface area contributed by atoms with Crippen molar-refractivity contribution in [3.05, 3.63) is 51.4 Å². The second-order valence-corrected chi connectivity index (χ2v) is 8.08. The van der Waals surface area contributed by atoms with Gasteiger partial charge in [-0.15, -0.1) is 11.3 Å². The fraction of sp³-hybridized carbons (Fsp3) is 0.300. The smallest absolute Gasteiger partial charge is 0.262 e. The van der Waals surface area contributed by atoms with E-state index in [2.05, 4.69) is 5.32 Å². The molecule has 8 heteroatoms. The van der Waals surface area contributed by atoms with Crippen molar-refractivity contribution < 1.29 is 19.2 Å². The van der Waals surface area contributed by atoms with E-state index in [4.69, 9.17) is 5.73 Å². The van der Waals surface area contributed by atoms with E-state index in [0.717, 1.165) is 41.0 Å². The largest absolute Gasteiger partial charge is 0.365 e. The van der Waals surface area contributed by atoms with Crippen molar-refractivity contribution in [3.8, 4) is 0 Å². The first kappa shape index (κ1) is 18.4. The Labute approximate surface area is 165 Å². The number of hydrogen-bond acceptors (Lipinski definition) is 5. The van der Waals surface area contributed by atoms with Crippen LogP contribution >= 0.6 is 11.3 Å². The highest BCUT2D eigenvalue weighted by Gasteiger charge is 2.41. The topological polar surface area (TPSA) is 110 Å². The van der Waals surface area contributed by atoms with Gasteiger partial charge in [-0.05, 0) is 50.3 Å². The highest BCUT2D eigenvalue weighted by atomic mass is 32.1. The molecule has 0 saturated heterocycles. The first-order valence-electron chi connectivity index (χ1n) is 9.12. The molecule has 1 unspecified atom stereocenters. The highest BCUT2D eigenvalue weighted by molar-refractivity contribution is 7.17. The standard InChI is InChI=1S/C20H19N3O4S/c1-10(23-19(26)11-6-2-3-7-12(11)20(23)27)17(25)22-18-15(16(21)24)13-8-4-5-9-14(13)28-18/h2-3,6-7,10H,4-5,8-9H2,1H3,(H2,21,24)(H,22,25). The number of thiophene rings is 1. The number of nitrogens with zero attached hydrogens (tertiary/aromatic N) is 1. The fourth-order valence-electron chi connectivity index (χ4n) is 3.81. The monoisotopic (exact) mass is 397 g/mol. The number of anilines is 1. The van der Waals surface area contributed by atoms with Gasteiger partial charge in [0.1, 0.15) is 11.0 Å². The molecule has 144 valence electrons. The third-order valence-corrected chi connectivity index (χ3v) is 6.45. The molecule has 0 spiro atoms. The van der Waals surface area contributed by atoms with Gasteiger partial charge in [-0.2, -0.15) is 0 Å². The third-order valence-electron chi connectivity index (χ3n) is 5.25. The number of hydrogen-bond donors (Lipinski definition) is 2. The number of fused-ring (bicyclic) bond motifs is 2. The Morgan fingerprint density at radius 1 is 1.11 bits per heavy atom. The molecule has 4 amide bonds. The summed E-state index contributed by atoms with van der Waals surface area (Å²) in [6.07, 6.45) is 3.62. The molecule has 0 radical (unpaired) electrons. The summed E-state index contributed by atoms with van der Waals surface area (Å²) in [7, 11) is 0. The van der Waals surface area contributed by atoms with Crippen molar-refractivity contribution in [1.29, 1.82) is 0 Å². The van der Waals surface area contributed by atoms with E-state index in [1.54, 1.807) is 24.3 Å². The molecule has 4 rings (SSSR count). The van der Waals surface area contributed by atoms with Crippen LogP contribution < -0.4 is 11.1 Å². The van der Waals surface area contributed by atoms with Crippen molar-refractivity contribution in [1.82, 2.24) is 4.90 Å². The van der Waals surface area contributed by atoms with Crippen LogP contribution in [-0.4, -0.2) is 34.6 Å². The minimum Gasteiger partial charge on any atom is -0.365 e. The molecule has 2 heterocycles. The lowest BCUT2D eigenvalue weighted by molar-refractivity contribution is -0.119. The number of nitrogens with one attached hydrogen (secondary N) is 1. The van der Waals surface area contributed by atoms with Crippen LogP contribution in [0.4, 0.5) is 5.00 Å². The number of rotatable bonds is 4. The molecule has 7 nitrogen and oxygen atoms in total. The molecule has 0 fully saturated rings. The van der Waals surface area contributed by atoms with Gasteiger partial charge in [-0.1, -0.05) is 12.1 Å². The summed E-state index contributed by atoms with van der Waals surface area (Å²) in [5.41, 5.74) is 7.39. The first-order valence-corrected chi connectivity index (χ1v) is 9.94. The number of carbonyl (C=O) groups excluding carboxylic acids is 4. The van der Waals surface area contributed by atoms with Crippen LogP contribution in [0.2, 0.25) is 0 Å². The number of imide groups is 1. The number of nitrogens with two attached hydrogens (primary N) is 1. The molecule has 1 aromatic carbocycles. The van der Waals surface area contributed by atoms with Crippen molar-refractivity contribution >= 4 is 40.0 Å². The van der Waals surface area contributed by atoms with E-state index < -0.39 is 29.7 Å².